The summed E-state index contributed by atoms with van der Waals surface area (Å²) in [6, 6.07) is 7.21. The molecule has 40 heavy (non-hydrogen) atoms. The number of amides is 1. The highest BCUT2D eigenvalue weighted by Gasteiger charge is 2.32. The van der Waals surface area contributed by atoms with E-state index in [0.29, 0.717) is 48.8 Å². The van der Waals surface area contributed by atoms with E-state index >= 15 is 8.78 Å². The first-order chi connectivity index (χ1) is 19.3. The lowest BCUT2D eigenvalue weighted by atomic mass is 9.92. The van der Waals surface area contributed by atoms with E-state index in [2.05, 4.69) is 25.3 Å². The second-order valence-electron chi connectivity index (χ2n) is 10.5. The van der Waals surface area contributed by atoms with Crippen LogP contribution in [-0.2, 0) is 11.3 Å². The van der Waals surface area contributed by atoms with Crippen molar-refractivity contribution in [2.24, 2.45) is 11.7 Å². The molecule has 1 amide bonds. The van der Waals surface area contributed by atoms with Crippen molar-refractivity contribution in [2.45, 2.75) is 38.5 Å². The summed E-state index contributed by atoms with van der Waals surface area (Å²) in [6.45, 7) is 3.79. The fraction of sp³-hybridized carbons (Fsp3) is 0.357. The maximum absolute atomic E-state index is 15.2. The van der Waals surface area contributed by atoms with E-state index in [0.717, 1.165) is 12.1 Å². The molecule has 2 aliphatic rings. The Bertz CT molecular complexity index is 1540. The highest BCUT2D eigenvalue weighted by molar-refractivity contribution is 5.78. The van der Waals surface area contributed by atoms with Gasteiger partial charge in [0.15, 0.2) is 0 Å². The maximum Gasteiger partial charge on any atom is 0.229 e. The smallest absolute Gasteiger partial charge is 0.229 e. The van der Waals surface area contributed by atoms with E-state index in [9.17, 15) is 9.90 Å². The zero-order chi connectivity index (χ0) is 28.0. The van der Waals surface area contributed by atoms with Crippen LogP contribution in [0.15, 0.2) is 48.9 Å². The molecule has 2 aliphatic heterocycles. The molecule has 3 unspecified atom stereocenters. The van der Waals surface area contributed by atoms with Crippen LogP contribution >= 0.6 is 0 Å². The molecule has 0 spiro atoms. The van der Waals surface area contributed by atoms with Crippen molar-refractivity contribution < 1.29 is 18.7 Å². The van der Waals surface area contributed by atoms with Crippen LogP contribution in [0, 0.1) is 17.6 Å². The molecule has 2 fully saturated rings. The van der Waals surface area contributed by atoms with Gasteiger partial charge >= 0.3 is 0 Å². The average Bonchev–Trinajstić information content (AvgIpc) is 3.52. The number of carbonyl (C=O) groups excluding carboxylic acids is 1. The SMILES string of the molecule is CC1CN(c2ccncc2Nc2ncc3ccc(-c4c(F)cc(CN5CCCC5=O)cc4F)nn23)CC(N)C1O. The number of rotatable bonds is 6. The van der Waals surface area contributed by atoms with Crippen LogP contribution in [-0.4, -0.2) is 67.3 Å². The first-order valence-corrected chi connectivity index (χ1v) is 13.3. The van der Waals surface area contributed by atoms with E-state index in [4.69, 9.17) is 5.73 Å². The van der Waals surface area contributed by atoms with Crippen LogP contribution in [0.5, 0.6) is 0 Å². The molecule has 0 saturated carbocycles. The number of piperidine rings is 1. The summed E-state index contributed by atoms with van der Waals surface area (Å²) in [4.78, 5) is 24.3. The molecule has 5 heterocycles. The van der Waals surface area contributed by atoms with Gasteiger partial charge in [-0.2, -0.15) is 9.61 Å². The zero-order valence-corrected chi connectivity index (χ0v) is 22.0. The van der Waals surface area contributed by atoms with Gasteiger partial charge in [0.2, 0.25) is 11.9 Å². The molecule has 208 valence electrons. The summed E-state index contributed by atoms with van der Waals surface area (Å²) in [7, 11) is 0. The Kier molecular flexibility index (Phi) is 6.80. The van der Waals surface area contributed by atoms with E-state index < -0.39 is 23.8 Å². The van der Waals surface area contributed by atoms with E-state index in [1.807, 2.05) is 13.0 Å². The Hall–Kier alpha value is -4.16. The van der Waals surface area contributed by atoms with E-state index in [1.54, 1.807) is 35.6 Å². The van der Waals surface area contributed by atoms with Crippen molar-refractivity contribution in [1.29, 1.82) is 0 Å². The van der Waals surface area contributed by atoms with Gasteiger partial charge in [-0.25, -0.2) is 13.8 Å². The fourth-order valence-corrected chi connectivity index (χ4v) is 5.55. The first kappa shape index (κ1) is 26.1. The van der Waals surface area contributed by atoms with Crippen LogP contribution in [0.25, 0.3) is 16.8 Å². The molecule has 10 nitrogen and oxygen atoms in total. The quantitative estimate of drug-likeness (QED) is 0.336. The average molecular weight is 549 g/mol. The van der Waals surface area contributed by atoms with Crippen LogP contribution in [0.3, 0.4) is 0 Å². The first-order valence-electron chi connectivity index (χ1n) is 13.3. The van der Waals surface area contributed by atoms with Crippen LogP contribution in [0.1, 0.15) is 25.3 Å². The van der Waals surface area contributed by atoms with Crippen LogP contribution in [0.2, 0.25) is 0 Å². The topological polar surface area (TPSA) is 125 Å². The molecule has 0 aliphatic carbocycles. The standard InChI is InChI=1S/C28H30F2N8O2/c1-16-13-37(15-21(31)27(16)40)24-6-7-32-12-23(24)34-28-33-11-18-4-5-22(35-38(18)28)26-19(29)9-17(10-20(26)30)14-36-8-2-3-25(36)39/h4-7,9-12,16,21,27,40H,2-3,8,13-15,31H2,1H3,(H,33,34). The van der Waals surface area contributed by atoms with Gasteiger partial charge in [0, 0.05) is 50.8 Å². The van der Waals surface area contributed by atoms with Gasteiger partial charge in [-0.05, 0) is 42.3 Å². The van der Waals surface area contributed by atoms with Crippen LogP contribution < -0.4 is 16.0 Å². The number of nitrogens with two attached hydrogens (primary N) is 1. The van der Waals surface area contributed by atoms with Gasteiger partial charge < -0.3 is 26.0 Å². The lowest BCUT2D eigenvalue weighted by Gasteiger charge is -2.40. The van der Waals surface area contributed by atoms with Crippen molar-refractivity contribution in [3.8, 4) is 11.3 Å². The summed E-state index contributed by atoms with van der Waals surface area (Å²) >= 11 is 0. The Balaban J connectivity index is 1.30. The lowest BCUT2D eigenvalue weighted by Crippen LogP contribution is -2.55. The fourth-order valence-electron chi connectivity index (χ4n) is 5.55. The number of benzene rings is 1. The summed E-state index contributed by atoms with van der Waals surface area (Å²) in [6.07, 6.45) is 5.57. The monoisotopic (exact) mass is 548 g/mol. The molecule has 4 aromatic rings. The number of nitrogens with zero attached hydrogens (tertiary/aromatic N) is 6. The largest absolute Gasteiger partial charge is 0.391 e. The number of halogens is 2. The second kappa shape index (κ2) is 10.4. The Morgan fingerprint density at radius 3 is 2.67 bits per heavy atom. The third-order valence-electron chi connectivity index (χ3n) is 7.63. The van der Waals surface area contributed by atoms with Crippen molar-refractivity contribution >= 4 is 28.7 Å². The number of pyridine rings is 1. The van der Waals surface area contributed by atoms with Crippen molar-refractivity contribution in [3.05, 3.63) is 66.1 Å². The number of anilines is 3. The minimum atomic E-state index is -0.754. The van der Waals surface area contributed by atoms with Gasteiger partial charge in [-0.15, -0.1) is 0 Å². The van der Waals surface area contributed by atoms with Gasteiger partial charge in [-0.1, -0.05) is 6.92 Å². The number of hydrogen-bond acceptors (Lipinski definition) is 8. The Labute approximate surface area is 229 Å². The molecule has 4 N–H and O–H groups in total. The van der Waals surface area contributed by atoms with Gasteiger partial charge in [0.05, 0.1) is 46.6 Å². The Morgan fingerprint density at radius 2 is 1.95 bits per heavy atom. The molecular formula is C28H30F2N8O2. The number of aliphatic hydroxyl groups excluding tert-OH is 1. The lowest BCUT2D eigenvalue weighted by molar-refractivity contribution is -0.128. The number of aliphatic hydroxyl groups is 1. The third-order valence-corrected chi connectivity index (χ3v) is 7.63. The number of fused-ring (bicyclic) bond motifs is 1. The summed E-state index contributed by atoms with van der Waals surface area (Å²) < 4.78 is 31.9. The summed E-state index contributed by atoms with van der Waals surface area (Å²) in [5.74, 6) is -1.20. The molecule has 6 rings (SSSR count). The maximum atomic E-state index is 15.2. The molecule has 2 saturated heterocycles. The van der Waals surface area contributed by atoms with Crippen molar-refractivity contribution in [2.75, 3.05) is 29.9 Å². The normalized spacial score (nSPS) is 21.4. The number of likely N-dealkylation sites (tertiary alicyclic amines) is 1. The molecule has 0 radical (unpaired) electrons. The number of hydrogen-bond donors (Lipinski definition) is 3. The highest BCUT2D eigenvalue weighted by Crippen LogP contribution is 2.32. The molecule has 12 heteroatoms. The number of nitrogens with one attached hydrogen (secondary N) is 1. The predicted molar refractivity (Wildman–Crippen MR) is 146 cm³/mol. The summed E-state index contributed by atoms with van der Waals surface area (Å²) in [5.41, 5.74) is 8.52. The third kappa shape index (κ3) is 4.84. The van der Waals surface area contributed by atoms with Crippen molar-refractivity contribution in [3.63, 3.8) is 0 Å². The molecule has 3 aromatic heterocycles. The predicted octanol–water partition coefficient (Wildman–Crippen LogP) is 3.08. The minimum absolute atomic E-state index is 0.0100. The second-order valence-corrected chi connectivity index (χ2v) is 10.5. The summed E-state index contributed by atoms with van der Waals surface area (Å²) in [5, 5.41) is 18.0. The Morgan fingerprint density at radius 1 is 1.15 bits per heavy atom. The van der Waals surface area contributed by atoms with Gasteiger partial charge in [0.25, 0.3) is 0 Å². The molecule has 1 aromatic carbocycles. The van der Waals surface area contributed by atoms with E-state index in [1.165, 1.54) is 16.6 Å². The van der Waals surface area contributed by atoms with Crippen molar-refractivity contribution in [1.82, 2.24) is 24.5 Å². The van der Waals surface area contributed by atoms with E-state index in [-0.39, 0.29) is 29.6 Å². The van der Waals surface area contributed by atoms with Crippen LogP contribution in [0.4, 0.5) is 26.1 Å². The van der Waals surface area contributed by atoms with Gasteiger partial charge in [0.1, 0.15) is 11.6 Å². The van der Waals surface area contributed by atoms with Gasteiger partial charge in [-0.3, -0.25) is 9.78 Å². The molecule has 3 atom stereocenters. The number of imidazole rings is 1. The molecular weight excluding hydrogens is 518 g/mol. The highest BCUT2D eigenvalue weighted by atomic mass is 19.1. The number of aromatic nitrogens is 4. The minimum Gasteiger partial charge on any atom is -0.391 e. The molecule has 0 bridgehead atoms. The number of carbonyl (C=O) groups is 1. The zero-order valence-electron chi connectivity index (χ0n) is 22.0.